The van der Waals surface area contributed by atoms with Crippen LogP contribution in [0.3, 0.4) is 0 Å². The summed E-state index contributed by atoms with van der Waals surface area (Å²) in [5, 5.41) is 4.37. The highest BCUT2D eigenvalue weighted by Crippen LogP contribution is 2.35. The van der Waals surface area contributed by atoms with Crippen molar-refractivity contribution in [1.82, 2.24) is 9.62 Å². The third-order valence-electron chi connectivity index (χ3n) is 4.41. The Balaban J connectivity index is 1.70. The van der Waals surface area contributed by atoms with E-state index in [-0.39, 0.29) is 30.1 Å². The molecule has 5 nitrogen and oxygen atoms in total. The average Bonchev–Trinajstić information content (AvgIpc) is 3.16. The van der Waals surface area contributed by atoms with Crippen LogP contribution in [-0.2, 0) is 16.2 Å². The van der Waals surface area contributed by atoms with Crippen molar-refractivity contribution in [3.8, 4) is 0 Å². The zero-order chi connectivity index (χ0) is 20.5. The van der Waals surface area contributed by atoms with E-state index in [1.807, 2.05) is 0 Å². The van der Waals surface area contributed by atoms with Crippen LogP contribution in [0.25, 0.3) is 0 Å². The van der Waals surface area contributed by atoms with Crippen molar-refractivity contribution in [2.45, 2.75) is 30.0 Å². The molecule has 28 heavy (non-hydrogen) atoms. The minimum atomic E-state index is -4.67. The summed E-state index contributed by atoms with van der Waals surface area (Å²) in [7, 11) is -4.18. The lowest BCUT2D eigenvalue weighted by Crippen LogP contribution is -2.46. The molecule has 0 radical (unpaired) electrons. The first-order valence-corrected chi connectivity index (χ1v) is 11.0. The SMILES string of the molecule is O=C(NC1CCN(S(=O)(=O)c2cc(C(F)(F)F)ccc2Cl)CC1)c1cccs1. The Kier molecular flexibility index (Phi) is 6.04. The van der Waals surface area contributed by atoms with Crippen LogP contribution in [0.2, 0.25) is 5.02 Å². The Morgan fingerprint density at radius 3 is 2.46 bits per heavy atom. The van der Waals surface area contributed by atoms with E-state index in [9.17, 15) is 26.4 Å². The number of alkyl halides is 3. The second-order valence-corrected chi connectivity index (χ2v) is 9.53. The molecule has 1 N–H and O–H groups in total. The fourth-order valence-corrected chi connectivity index (χ4v) is 5.52. The molecular weight excluding hydrogens is 437 g/mol. The smallest absolute Gasteiger partial charge is 0.349 e. The summed E-state index contributed by atoms with van der Waals surface area (Å²) < 4.78 is 65.5. The van der Waals surface area contributed by atoms with Crippen molar-refractivity contribution >= 4 is 38.9 Å². The van der Waals surface area contributed by atoms with E-state index in [1.165, 1.54) is 11.3 Å². The quantitative estimate of drug-likeness (QED) is 0.762. The first kappa shape index (κ1) is 21.1. The topological polar surface area (TPSA) is 66.5 Å². The number of nitrogens with zero attached hydrogens (tertiary/aromatic N) is 1. The molecule has 0 atom stereocenters. The maximum absolute atomic E-state index is 12.9. The number of carbonyl (C=O) groups excluding carboxylic acids is 1. The van der Waals surface area contributed by atoms with E-state index < -0.39 is 26.7 Å². The van der Waals surface area contributed by atoms with Gasteiger partial charge in [0.2, 0.25) is 10.0 Å². The number of rotatable bonds is 4. The van der Waals surface area contributed by atoms with Crippen LogP contribution in [0.4, 0.5) is 13.2 Å². The summed E-state index contributed by atoms with van der Waals surface area (Å²) in [6.07, 6.45) is -3.96. The molecule has 0 aliphatic carbocycles. The number of carbonyl (C=O) groups is 1. The molecule has 1 aromatic carbocycles. The summed E-state index contributed by atoms with van der Waals surface area (Å²) in [5.41, 5.74) is -1.08. The zero-order valence-electron chi connectivity index (χ0n) is 14.4. The zero-order valence-corrected chi connectivity index (χ0v) is 16.8. The molecule has 152 valence electrons. The third-order valence-corrected chi connectivity index (χ3v) is 7.66. The highest BCUT2D eigenvalue weighted by atomic mass is 35.5. The van der Waals surface area contributed by atoms with Gasteiger partial charge in [0.25, 0.3) is 5.91 Å². The van der Waals surface area contributed by atoms with Gasteiger partial charge in [0.05, 0.1) is 15.5 Å². The number of hydrogen-bond acceptors (Lipinski definition) is 4. The van der Waals surface area contributed by atoms with Crippen molar-refractivity contribution in [1.29, 1.82) is 0 Å². The third kappa shape index (κ3) is 4.51. The average molecular weight is 453 g/mol. The molecule has 0 unspecified atom stereocenters. The maximum atomic E-state index is 12.9. The summed E-state index contributed by atoms with van der Waals surface area (Å²) in [4.78, 5) is 12.1. The largest absolute Gasteiger partial charge is 0.416 e. The van der Waals surface area contributed by atoms with Crippen LogP contribution in [0.15, 0.2) is 40.6 Å². The highest BCUT2D eigenvalue weighted by Gasteiger charge is 2.35. The minimum Gasteiger partial charge on any atom is -0.349 e. The molecular formula is C17H16ClF3N2O3S2. The van der Waals surface area contributed by atoms with Crippen molar-refractivity contribution in [3.63, 3.8) is 0 Å². The van der Waals surface area contributed by atoms with E-state index in [0.29, 0.717) is 23.8 Å². The number of hydrogen-bond donors (Lipinski definition) is 1. The number of sulfonamides is 1. The number of thiophene rings is 1. The molecule has 1 aliphatic rings. The van der Waals surface area contributed by atoms with Gasteiger partial charge in [-0.1, -0.05) is 17.7 Å². The summed E-state index contributed by atoms with van der Waals surface area (Å²) in [5.74, 6) is -0.225. The lowest BCUT2D eigenvalue weighted by atomic mass is 10.1. The normalized spacial score (nSPS) is 16.9. The van der Waals surface area contributed by atoms with Gasteiger partial charge in [0.15, 0.2) is 0 Å². The second kappa shape index (κ2) is 8.02. The lowest BCUT2D eigenvalue weighted by molar-refractivity contribution is -0.137. The van der Waals surface area contributed by atoms with Crippen LogP contribution in [0, 0.1) is 0 Å². The standard InChI is InChI=1S/C17H16ClF3N2O3S2/c18-13-4-3-11(17(19,20)21)10-15(13)28(25,26)23-7-5-12(6-8-23)22-16(24)14-2-1-9-27-14/h1-4,9-10,12H,5-8H2,(H,22,24). The lowest BCUT2D eigenvalue weighted by Gasteiger charge is -2.31. The van der Waals surface area contributed by atoms with Gasteiger partial charge in [0, 0.05) is 19.1 Å². The fraction of sp³-hybridized carbons (Fsp3) is 0.353. The maximum Gasteiger partial charge on any atom is 0.416 e. The van der Waals surface area contributed by atoms with Crippen LogP contribution in [0.5, 0.6) is 0 Å². The van der Waals surface area contributed by atoms with Crippen molar-refractivity contribution in [2.24, 2.45) is 0 Å². The molecule has 1 amide bonds. The van der Waals surface area contributed by atoms with Gasteiger partial charge in [-0.25, -0.2) is 8.42 Å². The predicted molar refractivity (Wildman–Crippen MR) is 100 cm³/mol. The molecule has 1 saturated heterocycles. The highest BCUT2D eigenvalue weighted by molar-refractivity contribution is 7.89. The monoisotopic (exact) mass is 452 g/mol. The molecule has 0 spiro atoms. The van der Waals surface area contributed by atoms with E-state index in [1.54, 1.807) is 17.5 Å². The Morgan fingerprint density at radius 2 is 1.89 bits per heavy atom. The summed E-state index contributed by atoms with van der Waals surface area (Å²) in [6, 6.07) is 5.47. The number of halogens is 4. The van der Waals surface area contributed by atoms with E-state index in [4.69, 9.17) is 11.6 Å². The van der Waals surface area contributed by atoms with Gasteiger partial charge in [-0.05, 0) is 42.5 Å². The number of piperidine rings is 1. The van der Waals surface area contributed by atoms with Crippen molar-refractivity contribution < 1.29 is 26.4 Å². The van der Waals surface area contributed by atoms with Gasteiger partial charge < -0.3 is 5.32 Å². The molecule has 1 fully saturated rings. The van der Waals surface area contributed by atoms with Crippen molar-refractivity contribution in [2.75, 3.05) is 13.1 Å². The van der Waals surface area contributed by atoms with Crippen LogP contribution in [0.1, 0.15) is 28.1 Å². The fourth-order valence-electron chi connectivity index (χ4n) is 2.92. The van der Waals surface area contributed by atoms with Crippen LogP contribution in [-0.4, -0.2) is 37.8 Å². The first-order chi connectivity index (χ1) is 13.1. The number of benzene rings is 1. The number of nitrogens with one attached hydrogen (secondary N) is 1. The second-order valence-electron chi connectivity index (χ2n) is 6.27. The summed E-state index contributed by atoms with van der Waals surface area (Å²) in [6.45, 7) is 0.147. The Labute approximate surface area is 169 Å². The van der Waals surface area contributed by atoms with Crippen molar-refractivity contribution in [3.05, 3.63) is 51.2 Å². The van der Waals surface area contributed by atoms with Gasteiger partial charge in [-0.2, -0.15) is 17.5 Å². The van der Waals surface area contributed by atoms with E-state index in [2.05, 4.69) is 5.32 Å². The van der Waals surface area contributed by atoms with Crippen LogP contribution < -0.4 is 5.32 Å². The molecule has 0 saturated carbocycles. The van der Waals surface area contributed by atoms with Crippen LogP contribution >= 0.6 is 22.9 Å². The van der Waals surface area contributed by atoms with Gasteiger partial charge in [-0.15, -0.1) is 11.3 Å². The van der Waals surface area contributed by atoms with Gasteiger partial charge >= 0.3 is 6.18 Å². The number of amides is 1. The molecule has 0 bridgehead atoms. The molecule has 2 aromatic rings. The Bertz CT molecular complexity index is 955. The Hall–Kier alpha value is -1.62. The van der Waals surface area contributed by atoms with E-state index >= 15 is 0 Å². The van der Waals surface area contributed by atoms with Gasteiger partial charge in [0.1, 0.15) is 4.90 Å². The molecule has 3 rings (SSSR count). The Morgan fingerprint density at radius 1 is 1.21 bits per heavy atom. The first-order valence-electron chi connectivity index (χ1n) is 8.30. The molecule has 2 heterocycles. The van der Waals surface area contributed by atoms with Gasteiger partial charge in [-0.3, -0.25) is 4.79 Å². The summed E-state index contributed by atoms with van der Waals surface area (Å²) >= 11 is 7.18. The minimum absolute atomic E-state index is 0.0737. The molecule has 1 aromatic heterocycles. The predicted octanol–water partition coefficient (Wildman–Crippen LogP) is 4.00. The van der Waals surface area contributed by atoms with E-state index in [0.717, 1.165) is 16.4 Å². The molecule has 1 aliphatic heterocycles. The molecule has 11 heteroatoms.